The molecule has 702 valence electrons. The van der Waals surface area contributed by atoms with Gasteiger partial charge in [-0.1, -0.05) is 308 Å². The molecule has 5 aliphatic carbocycles. The molecule has 0 spiro atoms. The number of nitrogens with zero attached hydrogens (tertiary/aromatic N) is 2. The van der Waals surface area contributed by atoms with Gasteiger partial charge in [0, 0.05) is 131 Å². The average molecular weight is 1730 g/mol. The Labute approximate surface area is 749 Å². The molecule has 9 rings (SSSR count). The largest absolute Gasteiger partial charge is 0.390 e. The van der Waals surface area contributed by atoms with E-state index in [4.69, 9.17) is 0 Å². The van der Waals surface area contributed by atoms with Gasteiger partial charge in [-0.3, -0.25) is 52.7 Å². The van der Waals surface area contributed by atoms with Crippen LogP contribution in [0.3, 0.4) is 0 Å². The summed E-state index contributed by atoms with van der Waals surface area (Å²) < 4.78 is 0. The van der Waals surface area contributed by atoms with Gasteiger partial charge >= 0.3 is 0 Å². The summed E-state index contributed by atoms with van der Waals surface area (Å²) in [6, 6.07) is 33.3. The van der Waals surface area contributed by atoms with Crippen LogP contribution >= 0.6 is 0 Å². The average Bonchev–Trinajstić information content (AvgIpc) is 1.67. The summed E-state index contributed by atoms with van der Waals surface area (Å²) in [5.74, 6) is 4.14. The number of hydrogen-bond acceptors (Lipinski definition) is 14. The molecule has 2 unspecified atom stereocenters. The van der Waals surface area contributed by atoms with Gasteiger partial charge in [0.25, 0.3) is 0 Å². The predicted molar refractivity (Wildman–Crippen MR) is 505 cm³/mol. The molecule has 22 heteroatoms. The normalized spacial score (nSPS) is 17.0. The topological polar surface area (TPSA) is 327 Å². The quantitative estimate of drug-likeness (QED) is 0.0353. The third kappa shape index (κ3) is 50.6. The number of nitrogens with one attached hydrogen (secondary N) is 6. The van der Waals surface area contributed by atoms with Gasteiger partial charge in [-0.25, -0.2) is 0 Å². The number of rotatable bonds is 22. The summed E-state index contributed by atoms with van der Waals surface area (Å²) in [5, 5.41) is 47.2. The first-order chi connectivity index (χ1) is 57.8. The molecule has 8 amide bonds. The number of carbonyl (C=O) groups excluding carboxylic acids is 11. The molecule has 4 aromatic carbocycles. The van der Waals surface area contributed by atoms with Crippen molar-refractivity contribution in [3.8, 4) is 0 Å². The van der Waals surface area contributed by atoms with Crippen molar-refractivity contribution in [3.63, 3.8) is 0 Å². The Kier molecular flexibility index (Phi) is 61.0. The predicted octanol–water partition coefficient (Wildman–Crippen LogP) is 17.2. The van der Waals surface area contributed by atoms with E-state index in [1.807, 2.05) is 267 Å². The Morgan fingerprint density at radius 2 is 0.621 bits per heavy atom. The summed E-state index contributed by atoms with van der Waals surface area (Å²) in [6.45, 7) is 53.1. The molecule has 2 fully saturated rings. The molecule has 0 aliphatic heterocycles. The molecule has 2 saturated carbocycles. The molecular formula is C102H170N8O14. The lowest BCUT2D eigenvalue weighted by Gasteiger charge is -2.32. The number of aliphatic hydroxyl groups excluding tert-OH is 3. The fourth-order valence-electron chi connectivity index (χ4n) is 12.3. The van der Waals surface area contributed by atoms with Gasteiger partial charge in [-0.15, -0.1) is 0 Å². The molecule has 0 aromatic heterocycles. The summed E-state index contributed by atoms with van der Waals surface area (Å²) in [6.07, 6.45) is 14.5. The summed E-state index contributed by atoms with van der Waals surface area (Å²) in [7, 11) is 5.49. The maximum Gasteiger partial charge on any atom is 0.225 e. The van der Waals surface area contributed by atoms with Crippen molar-refractivity contribution < 1.29 is 68.1 Å². The number of Topliss-reactive ketones (excluding diaryl/α,β-unsaturated/α-hetero) is 3. The van der Waals surface area contributed by atoms with Crippen molar-refractivity contribution >= 4 is 64.6 Å². The Morgan fingerprint density at radius 3 is 0.895 bits per heavy atom. The lowest BCUT2D eigenvalue weighted by Crippen LogP contribution is -2.40. The first kappa shape index (κ1) is 118. The van der Waals surface area contributed by atoms with Gasteiger partial charge in [0.2, 0.25) is 47.3 Å². The van der Waals surface area contributed by atoms with E-state index in [-0.39, 0.29) is 142 Å². The zero-order valence-corrected chi connectivity index (χ0v) is 82.1. The third-order valence-electron chi connectivity index (χ3n) is 21.6. The van der Waals surface area contributed by atoms with Crippen LogP contribution in [0.4, 0.5) is 0 Å². The molecule has 0 saturated heterocycles. The van der Waals surface area contributed by atoms with E-state index >= 15 is 0 Å². The smallest absolute Gasteiger partial charge is 0.225 e. The molecule has 0 bridgehead atoms. The van der Waals surface area contributed by atoms with Crippen molar-refractivity contribution in [1.82, 2.24) is 41.7 Å². The number of hydrogen-bond donors (Lipinski definition) is 9. The molecule has 4 aromatic rings. The highest BCUT2D eigenvalue weighted by molar-refractivity contribution is 5.82. The number of aliphatic hydroxyl groups is 3. The molecule has 124 heavy (non-hydrogen) atoms. The van der Waals surface area contributed by atoms with Crippen LogP contribution in [0.1, 0.15) is 315 Å². The molecule has 5 aliphatic rings. The second-order valence-corrected chi connectivity index (χ2v) is 37.3. The van der Waals surface area contributed by atoms with E-state index in [0.29, 0.717) is 43.7 Å². The zero-order valence-electron chi connectivity index (χ0n) is 82.1. The van der Waals surface area contributed by atoms with Crippen molar-refractivity contribution in [3.05, 3.63) is 142 Å². The molecular weight excluding hydrogens is 1560 g/mol. The van der Waals surface area contributed by atoms with Crippen LogP contribution in [0.2, 0.25) is 0 Å². The number of ketones is 3. The summed E-state index contributed by atoms with van der Waals surface area (Å²) in [5.41, 5.74) is 7.66. The molecule has 0 heterocycles. The molecule has 6 atom stereocenters. The van der Waals surface area contributed by atoms with Crippen molar-refractivity contribution in [2.24, 2.45) is 76.9 Å². The Hall–Kier alpha value is -8.47. The number of fused-ring (bicyclic) bond motifs is 3. The van der Waals surface area contributed by atoms with Crippen LogP contribution in [-0.2, 0) is 78.5 Å². The van der Waals surface area contributed by atoms with Gasteiger partial charge < -0.3 is 57.0 Å². The van der Waals surface area contributed by atoms with Crippen LogP contribution in [0.5, 0.6) is 0 Å². The first-order valence-corrected chi connectivity index (χ1v) is 45.9. The third-order valence-corrected chi connectivity index (χ3v) is 21.6. The standard InChI is InChI=1S/3C13H17NO2.2C11H21NO.C11H15NO.C9H19NO.C6H13NO.3C5H10O/c3*1-8(2)13(16)14-12-10-6-4-3-5-9(10)7-11(12)15;1-9(2)11(13)12(3)10-7-5-4-6-8-10;2*1-9(2)11(13)12-8-10-6-4-3-5-7-10;1-7(2)5-6-10-9(11)8(3)4;1-5(2)6(8)7(3)4;3*1-4(2)5(3)6/h3*3-6,8,11-12,15H,7H2,1-2H3,(H,14,16);9-10H,4-8H2,1-3H3;9-10H,3-8H2,1-2H3,(H,12,13);3-7,9H,8H2,1-2H3,(H,12,13);7-8H,5-6H2,1-4H3,(H,10,11);5H,1-4H3;3*4H,1-3H3/t2*11-,12+;;;;;;;;;/m10........./s1. The van der Waals surface area contributed by atoms with Gasteiger partial charge in [-0.2, -0.15) is 0 Å². The fraction of sp³-hybridized carbons (Fsp3) is 0.657. The minimum atomic E-state index is -0.500. The molecule has 9 N–H and O–H groups in total. The van der Waals surface area contributed by atoms with E-state index in [1.54, 1.807) is 39.8 Å². The van der Waals surface area contributed by atoms with Crippen LogP contribution in [0.15, 0.2) is 103 Å². The van der Waals surface area contributed by atoms with E-state index in [1.165, 1.54) is 64.2 Å². The van der Waals surface area contributed by atoms with Gasteiger partial charge in [0.1, 0.15) is 17.3 Å². The maximum absolute atomic E-state index is 11.7. The van der Waals surface area contributed by atoms with Crippen LogP contribution in [0.25, 0.3) is 0 Å². The van der Waals surface area contributed by atoms with Crippen molar-refractivity contribution in [2.45, 2.75) is 326 Å². The first-order valence-electron chi connectivity index (χ1n) is 45.9. The number of benzene rings is 4. The maximum atomic E-state index is 11.7. The van der Waals surface area contributed by atoms with Gasteiger partial charge in [0.15, 0.2) is 0 Å². The minimum absolute atomic E-state index is 0.0132. The van der Waals surface area contributed by atoms with Crippen molar-refractivity contribution in [2.75, 3.05) is 34.2 Å². The summed E-state index contributed by atoms with van der Waals surface area (Å²) >= 11 is 0. The lowest BCUT2D eigenvalue weighted by atomic mass is 9.89. The van der Waals surface area contributed by atoms with Crippen LogP contribution in [-0.4, -0.2) is 148 Å². The monoisotopic (exact) mass is 1730 g/mol. The Balaban J connectivity index is 0. The lowest BCUT2D eigenvalue weighted by molar-refractivity contribution is -0.136. The van der Waals surface area contributed by atoms with E-state index in [0.717, 1.165) is 64.4 Å². The highest BCUT2D eigenvalue weighted by atomic mass is 16.3. The Bertz CT molecular complexity index is 3490. The SMILES string of the molecule is CC(=O)C(C)C.CC(=O)C(C)C.CC(=O)C(C)C.CC(C)C(=O)N(C)C.CC(C)C(=O)N(C)C1CCCCC1.CC(C)C(=O)NC1c2ccccc2CC1O.CC(C)C(=O)NCC1CCCCC1.CC(C)C(=O)NCc1ccccc1.CC(C)C(=O)N[C@@H]1c2ccccc2C[C@@H]1O.CC(C)C(=O)N[C@H]1c2ccccc2C[C@H]1O.CC(C)CCNC(=O)C(C)C. The second-order valence-electron chi connectivity index (χ2n) is 37.3. The van der Waals surface area contributed by atoms with Crippen LogP contribution in [0, 0.1) is 76.9 Å². The highest BCUT2D eigenvalue weighted by Gasteiger charge is 2.35. The van der Waals surface area contributed by atoms with Crippen LogP contribution < -0.4 is 31.9 Å². The van der Waals surface area contributed by atoms with Gasteiger partial charge in [0.05, 0.1) is 36.4 Å². The van der Waals surface area contributed by atoms with Crippen molar-refractivity contribution in [1.29, 1.82) is 0 Å². The highest BCUT2D eigenvalue weighted by Crippen LogP contribution is 2.34. The molecule has 22 nitrogen and oxygen atoms in total. The zero-order chi connectivity index (χ0) is 95.4. The molecule has 0 radical (unpaired) electrons. The van der Waals surface area contributed by atoms with Gasteiger partial charge in [-0.05, 0) is 104 Å². The Morgan fingerprint density at radius 1 is 0.339 bits per heavy atom. The van der Waals surface area contributed by atoms with E-state index in [2.05, 4.69) is 45.7 Å². The van der Waals surface area contributed by atoms with E-state index < -0.39 is 18.3 Å². The fourth-order valence-corrected chi connectivity index (χ4v) is 12.3. The second kappa shape index (κ2) is 64.3. The number of carbonyl (C=O) groups is 11. The minimum Gasteiger partial charge on any atom is -0.390 e. The van der Waals surface area contributed by atoms with E-state index in [9.17, 15) is 68.1 Å². The summed E-state index contributed by atoms with van der Waals surface area (Å²) in [4.78, 5) is 125. The number of amides is 8.